The average Bonchev–Trinajstić information content (AvgIpc) is 3.52. The molecule has 4 aliphatic carbocycles. The highest BCUT2D eigenvalue weighted by Gasteiger charge is 2.72. The van der Waals surface area contributed by atoms with Crippen molar-refractivity contribution in [3.8, 4) is 0 Å². The molecule has 0 radical (unpaired) electrons. The highest BCUT2D eigenvalue weighted by molar-refractivity contribution is 5.85. The van der Waals surface area contributed by atoms with E-state index in [9.17, 15) is 39.9 Å². The first-order valence-corrected chi connectivity index (χ1v) is 14.5. The predicted octanol–water partition coefficient (Wildman–Crippen LogP) is 0.700. The number of fused-ring (bicyclic) bond motifs is 5. The topological polar surface area (TPSA) is 180 Å². The van der Waals surface area contributed by atoms with E-state index >= 15 is 0 Å². The lowest BCUT2D eigenvalue weighted by molar-refractivity contribution is -0.266. The first kappa shape index (κ1) is 28.2. The van der Waals surface area contributed by atoms with Gasteiger partial charge in [0.25, 0.3) is 0 Å². The lowest BCUT2D eigenvalue weighted by atomic mass is 9.42. The molecule has 0 aromatic heterocycles. The molecule has 5 N–H and O–H groups in total. The summed E-state index contributed by atoms with van der Waals surface area (Å²) >= 11 is 0. The van der Waals surface area contributed by atoms with Gasteiger partial charge < -0.3 is 44.5 Å². The van der Waals surface area contributed by atoms with Crippen LogP contribution in [0.1, 0.15) is 65.2 Å². The second kappa shape index (κ2) is 9.31. The third-order valence-corrected chi connectivity index (χ3v) is 11.8. The van der Waals surface area contributed by atoms with E-state index in [4.69, 9.17) is 14.2 Å². The van der Waals surface area contributed by atoms with E-state index in [0.717, 1.165) is 11.9 Å². The first-order chi connectivity index (χ1) is 18.8. The van der Waals surface area contributed by atoms with Gasteiger partial charge in [0.15, 0.2) is 6.29 Å². The van der Waals surface area contributed by atoms with Crippen molar-refractivity contribution in [3.05, 3.63) is 11.6 Å². The Morgan fingerprint density at radius 3 is 2.52 bits per heavy atom. The summed E-state index contributed by atoms with van der Waals surface area (Å²) in [5.41, 5.74) is -4.57. The number of aliphatic carboxylic acids is 1. The van der Waals surface area contributed by atoms with Gasteiger partial charge in [-0.2, -0.15) is 0 Å². The van der Waals surface area contributed by atoms with Gasteiger partial charge in [0, 0.05) is 23.3 Å². The second-order valence-electron chi connectivity index (χ2n) is 13.5. The van der Waals surface area contributed by atoms with Gasteiger partial charge in [0.1, 0.15) is 12.9 Å². The monoisotopic (exact) mass is 564 g/mol. The maximum atomic E-state index is 13.0. The number of carboxylic acids is 1. The smallest absolute Gasteiger partial charge is 0.341 e. The van der Waals surface area contributed by atoms with Crippen LogP contribution in [0.3, 0.4) is 0 Å². The normalized spacial score (nSPS) is 53.7. The molecule has 0 spiro atoms. The number of rotatable bonds is 5. The third-order valence-electron chi connectivity index (χ3n) is 11.8. The highest BCUT2D eigenvalue weighted by Crippen LogP contribution is 2.69. The Labute approximate surface area is 232 Å². The molecule has 4 saturated carbocycles. The van der Waals surface area contributed by atoms with Gasteiger partial charge in [-0.3, -0.25) is 0 Å². The molecule has 5 fully saturated rings. The molecule has 11 nitrogen and oxygen atoms in total. The number of aliphatic hydroxyl groups excluding tert-OH is 2. The van der Waals surface area contributed by atoms with E-state index in [1.54, 1.807) is 6.92 Å². The minimum Gasteiger partial charge on any atom is -0.479 e. The number of cyclic esters (lactones) is 1. The Morgan fingerprint density at radius 1 is 1.12 bits per heavy atom. The Balaban J connectivity index is 1.26. The summed E-state index contributed by atoms with van der Waals surface area (Å²) in [5, 5.41) is 55.3. The summed E-state index contributed by atoms with van der Waals surface area (Å²) in [5.74, 6) is -2.94. The summed E-state index contributed by atoms with van der Waals surface area (Å²) in [6.07, 6.45) is 0.213. The number of carboxylic acid groups (broad SMARTS) is 1. The van der Waals surface area contributed by atoms with Crippen molar-refractivity contribution < 1.29 is 54.1 Å². The summed E-state index contributed by atoms with van der Waals surface area (Å²) < 4.78 is 16.7. The Bertz CT molecular complexity index is 1120. The molecule has 6 aliphatic rings. The van der Waals surface area contributed by atoms with E-state index in [1.165, 1.54) is 6.08 Å². The minimum atomic E-state index is -2.23. The van der Waals surface area contributed by atoms with Crippen LogP contribution in [0, 0.1) is 34.5 Å². The number of esters is 1. The molecule has 11 heteroatoms. The van der Waals surface area contributed by atoms with Crippen LogP contribution >= 0.6 is 0 Å². The number of ether oxygens (including phenoxy) is 3. The Hall–Kier alpha value is -1.89. The van der Waals surface area contributed by atoms with Crippen molar-refractivity contribution in [2.45, 2.75) is 107 Å². The average molecular weight is 565 g/mol. The second-order valence-corrected chi connectivity index (χ2v) is 13.5. The zero-order valence-electron chi connectivity index (χ0n) is 22.9. The van der Waals surface area contributed by atoms with E-state index in [-0.39, 0.29) is 49.5 Å². The standard InChI is InChI=1S/C29H40O11/c1-14-10-28(36,24(34)35)25(39-14)40-21-8-16-3-4-18-17(27(16,13-30)11-20(21)31)5-6-26(2)19(9-22(32)29(18,26)37)15-7-23(33)38-12-15/h7,13-14,16-22,25,31-32,36-37H,3-6,8-12H2,1-2H3,(H,34,35)/t14-,16+,17+,18-,19-,20-,21-,22-,25+,26-,27-,28+,29-/m1/s1. The zero-order valence-corrected chi connectivity index (χ0v) is 22.9. The van der Waals surface area contributed by atoms with Gasteiger partial charge in [-0.25, -0.2) is 9.59 Å². The highest BCUT2D eigenvalue weighted by atomic mass is 16.7. The Morgan fingerprint density at radius 2 is 1.88 bits per heavy atom. The van der Waals surface area contributed by atoms with Gasteiger partial charge in [-0.05, 0) is 81.1 Å². The molecule has 6 rings (SSSR count). The maximum Gasteiger partial charge on any atom is 0.341 e. The molecule has 222 valence electrons. The number of aldehydes is 1. The number of hydrogen-bond acceptors (Lipinski definition) is 10. The zero-order chi connectivity index (χ0) is 28.8. The molecule has 1 saturated heterocycles. The Kier molecular flexibility index (Phi) is 6.57. The lowest BCUT2D eigenvalue weighted by Gasteiger charge is -2.63. The molecule has 2 aliphatic heterocycles. The van der Waals surface area contributed by atoms with Crippen molar-refractivity contribution >= 4 is 18.2 Å². The third kappa shape index (κ3) is 3.67. The summed E-state index contributed by atoms with van der Waals surface area (Å²) in [6.45, 7) is 3.77. The molecular formula is C29H40O11. The van der Waals surface area contributed by atoms with Crippen molar-refractivity contribution in [2.75, 3.05) is 6.61 Å². The van der Waals surface area contributed by atoms with Gasteiger partial charge in [0.2, 0.25) is 5.60 Å². The van der Waals surface area contributed by atoms with Crippen LogP contribution < -0.4 is 0 Å². The number of aliphatic hydroxyl groups is 4. The van der Waals surface area contributed by atoms with Gasteiger partial charge in [-0.1, -0.05) is 6.92 Å². The lowest BCUT2D eigenvalue weighted by Crippen LogP contribution is -2.67. The SMILES string of the molecule is C[C@@H]1C[C@](O)(C(=O)O)[C@H](O[C@@H]2C[C@@H]3CC[C@@H]4[C@H](CC[C@]5(C)[C@@H](C6=CC(=O)OC6)C[C@@H](O)[C@]45O)[C@@]3(C=O)C[C@H]2O)O1. The van der Waals surface area contributed by atoms with Crippen molar-refractivity contribution in [1.29, 1.82) is 0 Å². The first-order valence-electron chi connectivity index (χ1n) is 14.5. The van der Waals surface area contributed by atoms with Gasteiger partial charge in [-0.15, -0.1) is 0 Å². The fourth-order valence-corrected chi connectivity index (χ4v) is 9.86. The molecule has 13 atom stereocenters. The predicted molar refractivity (Wildman–Crippen MR) is 135 cm³/mol. The fourth-order valence-electron chi connectivity index (χ4n) is 9.86. The molecule has 40 heavy (non-hydrogen) atoms. The minimum absolute atomic E-state index is 0.0700. The molecule has 0 bridgehead atoms. The molecule has 2 heterocycles. The fraction of sp³-hybridized carbons (Fsp3) is 0.828. The van der Waals surface area contributed by atoms with Gasteiger partial charge in [0.05, 0.1) is 30.0 Å². The molecule has 0 aromatic carbocycles. The van der Waals surface area contributed by atoms with E-state index in [2.05, 4.69) is 0 Å². The van der Waals surface area contributed by atoms with E-state index < -0.39 is 64.7 Å². The molecular weight excluding hydrogens is 524 g/mol. The molecule has 0 unspecified atom stereocenters. The van der Waals surface area contributed by atoms with Crippen LogP contribution in [0.25, 0.3) is 0 Å². The van der Waals surface area contributed by atoms with Crippen LogP contribution in [-0.2, 0) is 28.6 Å². The summed E-state index contributed by atoms with van der Waals surface area (Å²) in [6, 6.07) is 0. The van der Waals surface area contributed by atoms with Crippen LogP contribution in [0.4, 0.5) is 0 Å². The van der Waals surface area contributed by atoms with Crippen molar-refractivity contribution in [3.63, 3.8) is 0 Å². The van der Waals surface area contributed by atoms with Crippen LogP contribution in [0.5, 0.6) is 0 Å². The molecule has 0 aromatic rings. The summed E-state index contributed by atoms with van der Waals surface area (Å²) in [4.78, 5) is 36.6. The van der Waals surface area contributed by atoms with Crippen LogP contribution in [0.2, 0.25) is 0 Å². The van der Waals surface area contributed by atoms with Crippen LogP contribution in [0.15, 0.2) is 11.6 Å². The van der Waals surface area contributed by atoms with E-state index in [0.29, 0.717) is 32.1 Å². The maximum absolute atomic E-state index is 13.0. The van der Waals surface area contributed by atoms with Crippen LogP contribution in [-0.4, -0.2) is 92.3 Å². The number of carbonyl (C=O) groups excluding carboxylic acids is 2. The van der Waals surface area contributed by atoms with Crippen molar-refractivity contribution in [2.24, 2.45) is 34.5 Å². The summed E-state index contributed by atoms with van der Waals surface area (Å²) in [7, 11) is 0. The van der Waals surface area contributed by atoms with Gasteiger partial charge >= 0.3 is 11.9 Å². The quantitative estimate of drug-likeness (QED) is 0.234. The molecule has 0 amide bonds. The van der Waals surface area contributed by atoms with Crippen molar-refractivity contribution in [1.82, 2.24) is 0 Å². The van der Waals surface area contributed by atoms with E-state index in [1.807, 2.05) is 6.92 Å². The number of carbonyl (C=O) groups is 3. The largest absolute Gasteiger partial charge is 0.479 e. The number of hydrogen-bond donors (Lipinski definition) is 5.